The average Bonchev–Trinajstić information content (AvgIpc) is 3.15. The van der Waals surface area contributed by atoms with Crippen molar-refractivity contribution in [3.63, 3.8) is 0 Å². The van der Waals surface area contributed by atoms with Crippen molar-refractivity contribution in [3.05, 3.63) is 59.6 Å². The molecule has 3 aromatic rings. The molecule has 0 atom stereocenters. The number of anilines is 2. The number of nitrogens with two attached hydrogens (primary N) is 1. The number of nitrogens with zero attached hydrogens (tertiary/aromatic N) is 5. The average molecular weight is 437 g/mol. The maximum absolute atomic E-state index is 14.0. The Morgan fingerprint density at radius 1 is 1.22 bits per heavy atom. The van der Waals surface area contributed by atoms with Crippen molar-refractivity contribution >= 4 is 17.5 Å². The fourth-order valence-electron chi connectivity index (χ4n) is 3.94. The van der Waals surface area contributed by atoms with Gasteiger partial charge in [-0.2, -0.15) is 5.26 Å². The number of hydrogen-bond donors (Lipinski definition) is 2. The van der Waals surface area contributed by atoms with Crippen LogP contribution in [-0.4, -0.2) is 38.4 Å². The molecule has 4 rings (SSSR count). The van der Waals surface area contributed by atoms with Gasteiger partial charge in [0.05, 0.1) is 12.1 Å². The number of halogens is 2. The number of nitriles is 1. The summed E-state index contributed by atoms with van der Waals surface area (Å²) >= 11 is 0. The molecule has 10 heteroatoms. The number of nitrogens with one attached hydrogen (secondary N) is 1. The molecule has 0 spiro atoms. The molecule has 0 saturated carbocycles. The summed E-state index contributed by atoms with van der Waals surface area (Å²) in [6.45, 7) is 4.37. The SMILES string of the molecule is CC1(C)c2nc(-c3ccc(F)c(F)c3)c(Nc3cccc(C#N)n3)n2CCN1C(=O)CN. The predicted octanol–water partition coefficient (Wildman–Crippen LogP) is 2.87. The Morgan fingerprint density at radius 2 is 2.00 bits per heavy atom. The second kappa shape index (κ2) is 8.01. The van der Waals surface area contributed by atoms with E-state index in [0.717, 1.165) is 12.1 Å². The summed E-state index contributed by atoms with van der Waals surface area (Å²) < 4.78 is 29.5. The third-order valence-electron chi connectivity index (χ3n) is 5.52. The van der Waals surface area contributed by atoms with Crippen LogP contribution in [0, 0.1) is 23.0 Å². The summed E-state index contributed by atoms with van der Waals surface area (Å²) in [5.74, 6) is -0.713. The van der Waals surface area contributed by atoms with E-state index in [1.165, 1.54) is 6.07 Å². The molecule has 0 aliphatic carbocycles. The molecule has 1 aromatic carbocycles. The lowest BCUT2D eigenvalue weighted by atomic mass is 9.99. The summed E-state index contributed by atoms with van der Waals surface area (Å²) in [7, 11) is 0. The van der Waals surface area contributed by atoms with Gasteiger partial charge in [0.25, 0.3) is 0 Å². The van der Waals surface area contributed by atoms with Crippen molar-refractivity contribution in [2.24, 2.45) is 5.73 Å². The molecular formula is C22H21F2N7O. The van der Waals surface area contributed by atoms with Crippen LogP contribution in [0.5, 0.6) is 0 Å². The Balaban J connectivity index is 1.89. The number of amides is 1. The van der Waals surface area contributed by atoms with E-state index >= 15 is 0 Å². The molecule has 32 heavy (non-hydrogen) atoms. The van der Waals surface area contributed by atoms with Gasteiger partial charge in [-0.15, -0.1) is 0 Å². The van der Waals surface area contributed by atoms with Gasteiger partial charge in [0.1, 0.15) is 34.9 Å². The van der Waals surface area contributed by atoms with Crippen LogP contribution in [0.1, 0.15) is 25.4 Å². The highest BCUT2D eigenvalue weighted by Crippen LogP contribution is 2.39. The fraction of sp³-hybridized carbons (Fsp3) is 0.273. The zero-order valence-corrected chi connectivity index (χ0v) is 17.6. The van der Waals surface area contributed by atoms with Gasteiger partial charge in [-0.1, -0.05) is 6.07 Å². The van der Waals surface area contributed by atoms with E-state index in [0.29, 0.717) is 41.8 Å². The molecule has 1 aliphatic heterocycles. The summed E-state index contributed by atoms with van der Waals surface area (Å²) in [5, 5.41) is 12.3. The summed E-state index contributed by atoms with van der Waals surface area (Å²) in [6, 6.07) is 10.5. The lowest BCUT2D eigenvalue weighted by Crippen LogP contribution is -2.53. The Kier molecular flexibility index (Phi) is 5.36. The fourth-order valence-corrected chi connectivity index (χ4v) is 3.94. The van der Waals surface area contributed by atoms with E-state index < -0.39 is 17.2 Å². The van der Waals surface area contributed by atoms with Gasteiger partial charge in [0, 0.05) is 18.7 Å². The smallest absolute Gasteiger partial charge is 0.237 e. The molecule has 3 heterocycles. The van der Waals surface area contributed by atoms with E-state index in [9.17, 15) is 13.6 Å². The zero-order valence-electron chi connectivity index (χ0n) is 17.6. The maximum atomic E-state index is 14.0. The van der Waals surface area contributed by atoms with Crippen molar-refractivity contribution in [1.82, 2.24) is 19.4 Å². The number of hydrogen-bond acceptors (Lipinski definition) is 6. The van der Waals surface area contributed by atoms with Gasteiger partial charge >= 0.3 is 0 Å². The topological polar surface area (TPSA) is 113 Å². The number of benzene rings is 1. The van der Waals surface area contributed by atoms with Gasteiger partial charge in [-0.05, 0) is 44.2 Å². The van der Waals surface area contributed by atoms with Crippen LogP contribution in [0.3, 0.4) is 0 Å². The van der Waals surface area contributed by atoms with E-state index in [-0.39, 0.29) is 18.1 Å². The normalized spacial score (nSPS) is 14.6. The standard InChI is InChI=1S/C22H21F2N7O/c1-22(2)21-29-19(13-6-7-15(23)16(24)10-13)20(28-17-5-3-4-14(11-25)27-17)30(21)8-9-31(22)18(32)12-26/h3-7,10H,8-9,12,26H2,1-2H3,(H,27,28). The van der Waals surface area contributed by atoms with E-state index in [2.05, 4.69) is 10.3 Å². The number of pyridine rings is 1. The molecule has 1 amide bonds. The number of rotatable bonds is 4. The molecule has 164 valence electrons. The predicted molar refractivity (Wildman–Crippen MR) is 114 cm³/mol. The van der Waals surface area contributed by atoms with Crippen molar-refractivity contribution in [2.75, 3.05) is 18.4 Å². The second-order valence-electron chi connectivity index (χ2n) is 7.87. The summed E-state index contributed by atoms with van der Waals surface area (Å²) in [4.78, 5) is 23.0. The van der Waals surface area contributed by atoms with E-state index in [4.69, 9.17) is 16.0 Å². The van der Waals surface area contributed by atoms with Crippen LogP contribution >= 0.6 is 0 Å². The summed E-state index contributed by atoms with van der Waals surface area (Å²) in [6.07, 6.45) is 0. The number of aromatic nitrogens is 3. The van der Waals surface area contributed by atoms with Crippen LogP contribution in [0.15, 0.2) is 36.4 Å². The van der Waals surface area contributed by atoms with Crippen LogP contribution in [0.25, 0.3) is 11.3 Å². The molecule has 8 nitrogen and oxygen atoms in total. The van der Waals surface area contributed by atoms with Gasteiger partial charge in [-0.25, -0.2) is 18.7 Å². The molecular weight excluding hydrogens is 416 g/mol. The van der Waals surface area contributed by atoms with Crippen molar-refractivity contribution in [1.29, 1.82) is 5.26 Å². The van der Waals surface area contributed by atoms with Crippen molar-refractivity contribution in [3.8, 4) is 17.3 Å². The van der Waals surface area contributed by atoms with Crippen molar-refractivity contribution in [2.45, 2.75) is 25.9 Å². The summed E-state index contributed by atoms with van der Waals surface area (Å²) in [5.41, 5.74) is 5.74. The van der Waals surface area contributed by atoms with Gasteiger partial charge in [0.15, 0.2) is 11.6 Å². The van der Waals surface area contributed by atoms with Gasteiger partial charge < -0.3 is 20.5 Å². The highest BCUT2D eigenvalue weighted by atomic mass is 19.2. The van der Waals surface area contributed by atoms with Crippen LogP contribution in [0.4, 0.5) is 20.4 Å². The highest BCUT2D eigenvalue weighted by molar-refractivity contribution is 5.80. The Morgan fingerprint density at radius 3 is 2.69 bits per heavy atom. The first kappa shape index (κ1) is 21.4. The first-order valence-electron chi connectivity index (χ1n) is 9.97. The van der Waals surface area contributed by atoms with E-state index in [1.54, 1.807) is 23.1 Å². The number of fused-ring (bicyclic) bond motifs is 1. The molecule has 3 N–H and O–H groups in total. The molecule has 0 fully saturated rings. The monoisotopic (exact) mass is 437 g/mol. The molecule has 0 saturated heterocycles. The first-order chi connectivity index (χ1) is 15.3. The van der Waals surface area contributed by atoms with Crippen LogP contribution in [-0.2, 0) is 16.9 Å². The van der Waals surface area contributed by atoms with E-state index in [1.807, 2.05) is 24.5 Å². The Hall–Kier alpha value is -3.84. The minimum absolute atomic E-state index is 0.129. The molecule has 0 bridgehead atoms. The largest absolute Gasteiger partial charge is 0.327 e. The number of imidazole rings is 1. The van der Waals surface area contributed by atoms with Gasteiger partial charge in [-0.3, -0.25) is 4.79 Å². The molecule has 1 aliphatic rings. The van der Waals surface area contributed by atoms with Crippen molar-refractivity contribution < 1.29 is 13.6 Å². The highest BCUT2D eigenvalue weighted by Gasteiger charge is 2.41. The zero-order chi connectivity index (χ0) is 23.0. The minimum atomic E-state index is -0.997. The molecule has 0 radical (unpaired) electrons. The van der Waals surface area contributed by atoms with Crippen LogP contribution in [0.2, 0.25) is 0 Å². The first-order valence-corrected chi connectivity index (χ1v) is 9.97. The Labute approximate surface area is 183 Å². The third kappa shape index (κ3) is 3.56. The molecule has 2 aromatic heterocycles. The Bertz CT molecular complexity index is 1250. The quantitative estimate of drug-likeness (QED) is 0.649. The maximum Gasteiger partial charge on any atom is 0.237 e. The molecule has 0 unspecified atom stereocenters. The van der Waals surface area contributed by atoms with Gasteiger partial charge in [0.2, 0.25) is 5.91 Å². The second-order valence-corrected chi connectivity index (χ2v) is 7.87. The lowest BCUT2D eigenvalue weighted by Gasteiger charge is -2.42. The van der Waals surface area contributed by atoms with Crippen LogP contribution < -0.4 is 11.1 Å². The minimum Gasteiger partial charge on any atom is -0.327 e. The lowest BCUT2D eigenvalue weighted by molar-refractivity contribution is -0.137. The number of carbonyl (C=O) groups excluding carboxylic acids is 1. The number of carbonyl (C=O) groups is 1. The third-order valence-corrected chi connectivity index (χ3v) is 5.52.